The van der Waals surface area contributed by atoms with Gasteiger partial charge in [0.1, 0.15) is 5.75 Å². The zero-order valence-corrected chi connectivity index (χ0v) is 10.7. The average Bonchev–Trinajstić information content (AvgIpc) is 2.47. The number of anilines is 1. The summed E-state index contributed by atoms with van der Waals surface area (Å²) in [6, 6.07) is 15.6. The number of rotatable bonds is 2. The highest BCUT2D eigenvalue weighted by atomic mass is 16.5. The monoisotopic (exact) mass is 253 g/mol. The Morgan fingerprint density at radius 2 is 1.95 bits per heavy atom. The molecule has 1 N–H and O–H groups in total. The molecule has 0 fully saturated rings. The van der Waals surface area contributed by atoms with Gasteiger partial charge < -0.3 is 10.1 Å². The van der Waals surface area contributed by atoms with Crippen LogP contribution >= 0.6 is 0 Å². The molecule has 3 nitrogen and oxygen atoms in total. The van der Waals surface area contributed by atoms with E-state index in [-0.39, 0.29) is 11.8 Å². The Morgan fingerprint density at radius 3 is 2.68 bits per heavy atom. The molecule has 2 aromatic rings. The predicted molar refractivity (Wildman–Crippen MR) is 74.7 cm³/mol. The van der Waals surface area contributed by atoms with Gasteiger partial charge in [-0.25, -0.2) is 0 Å². The van der Waals surface area contributed by atoms with Gasteiger partial charge in [0.05, 0.1) is 13.2 Å². The molecule has 0 aliphatic carbocycles. The summed E-state index contributed by atoms with van der Waals surface area (Å²) >= 11 is 0. The molecule has 3 heteroatoms. The minimum Gasteiger partial charge on any atom is -0.497 e. The molecule has 96 valence electrons. The number of nitrogens with one attached hydrogen (secondary N) is 1. The Bertz CT molecular complexity index is 607. The van der Waals surface area contributed by atoms with Crippen LogP contribution in [0.1, 0.15) is 28.4 Å². The molecule has 0 bridgehead atoms. The predicted octanol–water partition coefficient (Wildman–Crippen LogP) is 3.43. The fourth-order valence-electron chi connectivity index (χ4n) is 2.43. The molecule has 1 aliphatic heterocycles. The number of fused-ring (bicyclic) bond motifs is 1. The van der Waals surface area contributed by atoms with Crippen LogP contribution in [0.25, 0.3) is 0 Å². The lowest BCUT2D eigenvalue weighted by atomic mass is 9.92. The van der Waals surface area contributed by atoms with Gasteiger partial charge in [-0.1, -0.05) is 30.3 Å². The quantitative estimate of drug-likeness (QED) is 0.891. The molecule has 0 spiro atoms. The summed E-state index contributed by atoms with van der Waals surface area (Å²) in [6.07, 6.45) is 0.489. The molecule has 0 saturated carbocycles. The SMILES string of the molecule is COc1ccc2c(c1)NC(c1ccccc1)CC2=O. The number of methoxy groups -OCH3 is 1. The van der Waals surface area contributed by atoms with Gasteiger partial charge in [0.25, 0.3) is 0 Å². The molecule has 0 aromatic heterocycles. The molecule has 2 aromatic carbocycles. The van der Waals surface area contributed by atoms with E-state index in [1.165, 1.54) is 0 Å². The topological polar surface area (TPSA) is 38.3 Å². The van der Waals surface area contributed by atoms with Crippen molar-refractivity contribution in [2.45, 2.75) is 12.5 Å². The van der Waals surface area contributed by atoms with E-state index in [0.717, 1.165) is 22.6 Å². The van der Waals surface area contributed by atoms with E-state index in [4.69, 9.17) is 4.74 Å². The van der Waals surface area contributed by atoms with Gasteiger partial charge in [0.2, 0.25) is 0 Å². The average molecular weight is 253 g/mol. The fourth-order valence-corrected chi connectivity index (χ4v) is 2.43. The van der Waals surface area contributed by atoms with Crippen LogP contribution in [0.3, 0.4) is 0 Å². The maximum absolute atomic E-state index is 12.2. The number of hydrogen-bond acceptors (Lipinski definition) is 3. The van der Waals surface area contributed by atoms with E-state index in [2.05, 4.69) is 5.32 Å². The van der Waals surface area contributed by atoms with E-state index in [1.807, 2.05) is 48.5 Å². The lowest BCUT2D eigenvalue weighted by Crippen LogP contribution is -2.22. The van der Waals surface area contributed by atoms with Crippen molar-refractivity contribution < 1.29 is 9.53 Å². The summed E-state index contributed by atoms with van der Waals surface area (Å²) in [6.45, 7) is 0. The summed E-state index contributed by atoms with van der Waals surface area (Å²) < 4.78 is 5.21. The molecule has 0 amide bonds. The van der Waals surface area contributed by atoms with Crippen molar-refractivity contribution in [1.29, 1.82) is 0 Å². The lowest BCUT2D eigenvalue weighted by Gasteiger charge is -2.26. The van der Waals surface area contributed by atoms with Gasteiger partial charge in [-0.3, -0.25) is 4.79 Å². The number of ketones is 1. The molecule has 1 heterocycles. The molecule has 3 rings (SSSR count). The van der Waals surface area contributed by atoms with E-state index >= 15 is 0 Å². The van der Waals surface area contributed by atoms with Gasteiger partial charge in [-0.15, -0.1) is 0 Å². The maximum Gasteiger partial charge on any atom is 0.167 e. The lowest BCUT2D eigenvalue weighted by molar-refractivity contribution is 0.0972. The molecular weight excluding hydrogens is 238 g/mol. The number of carbonyl (C=O) groups excluding carboxylic acids is 1. The first-order valence-electron chi connectivity index (χ1n) is 6.30. The first-order chi connectivity index (χ1) is 9.28. The van der Waals surface area contributed by atoms with E-state index in [9.17, 15) is 4.79 Å². The van der Waals surface area contributed by atoms with Crippen molar-refractivity contribution in [3.63, 3.8) is 0 Å². The molecule has 1 unspecified atom stereocenters. The van der Waals surface area contributed by atoms with Crippen LogP contribution in [0.4, 0.5) is 5.69 Å². The fraction of sp³-hybridized carbons (Fsp3) is 0.188. The Labute approximate surface area is 112 Å². The van der Waals surface area contributed by atoms with Crippen molar-refractivity contribution in [1.82, 2.24) is 0 Å². The Hall–Kier alpha value is -2.29. The van der Waals surface area contributed by atoms with Crippen molar-refractivity contribution in [3.8, 4) is 5.75 Å². The van der Waals surface area contributed by atoms with Crippen molar-refractivity contribution >= 4 is 11.5 Å². The Kier molecular flexibility index (Phi) is 2.95. The Balaban J connectivity index is 1.96. The zero-order chi connectivity index (χ0) is 13.2. The van der Waals surface area contributed by atoms with Crippen LogP contribution < -0.4 is 10.1 Å². The first-order valence-corrected chi connectivity index (χ1v) is 6.30. The minimum atomic E-state index is 0.0355. The number of hydrogen-bond donors (Lipinski definition) is 1. The summed E-state index contributed by atoms with van der Waals surface area (Å²) in [7, 11) is 1.63. The van der Waals surface area contributed by atoms with Crippen LogP contribution in [-0.2, 0) is 0 Å². The highest BCUT2D eigenvalue weighted by Gasteiger charge is 2.25. The molecule has 1 atom stereocenters. The third kappa shape index (κ3) is 2.19. The standard InChI is InChI=1S/C16H15NO2/c1-19-12-7-8-13-15(9-12)17-14(10-16(13)18)11-5-3-2-4-6-11/h2-9,14,17H,10H2,1H3. The van der Waals surface area contributed by atoms with Gasteiger partial charge in [-0.2, -0.15) is 0 Å². The van der Waals surface area contributed by atoms with Gasteiger partial charge in [0.15, 0.2) is 5.78 Å². The van der Waals surface area contributed by atoms with Crippen LogP contribution in [-0.4, -0.2) is 12.9 Å². The zero-order valence-electron chi connectivity index (χ0n) is 10.7. The third-order valence-corrected chi connectivity index (χ3v) is 3.45. The van der Waals surface area contributed by atoms with E-state index in [1.54, 1.807) is 7.11 Å². The van der Waals surface area contributed by atoms with Crippen LogP contribution in [0.5, 0.6) is 5.75 Å². The maximum atomic E-state index is 12.2. The van der Waals surface area contributed by atoms with Crippen molar-refractivity contribution in [2.24, 2.45) is 0 Å². The van der Waals surface area contributed by atoms with E-state index in [0.29, 0.717) is 6.42 Å². The summed E-state index contributed by atoms with van der Waals surface area (Å²) in [5, 5.41) is 3.42. The largest absolute Gasteiger partial charge is 0.497 e. The normalized spacial score (nSPS) is 17.5. The number of carbonyl (C=O) groups is 1. The molecule has 0 radical (unpaired) electrons. The number of ether oxygens (including phenoxy) is 1. The summed E-state index contributed by atoms with van der Waals surface area (Å²) in [5.41, 5.74) is 2.72. The molecular formula is C16H15NO2. The number of Topliss-reactive ketones (excluding diaryl/α,β-unsaturated/α-hetero) is 1. The second kappa shape index (κ2) is 4.76. The summed E-state index contributed by atoms with van der Waals surface area (Å²) in [4.78, 5) is 12.2. The van der Waals surface area contributed by atoms with Crippen molar-refractivity contribution in [3.05, 3.63) is 59.7 Å². The van der Waals surface area contributed by atoms with Gasteiger partial charge in [0, 0.05) is 23.7 Å². The Morgan fingerprint density at radius 1 is 1.16 bits per heavy atom. The highest BCUT2D eigenvalue weighted by molar-refractivity contribution is 6.03. The van der Waals surface area contributed by atoms with E-state index < -0.39 is 0 Å². The van der Waals surface area contributed by atoms with Crippen LogP contribution in [0.15, 0.2) is 48.5 Å². The third-order valence-electron chi connectivity index (χ3n) is 3.45. The van der Waals surface area contributed by atoms with Crippen molar-refractivity contribution in [2.75, 3.05) is 12.4 Å². The first kappa shape index (κ1) is 11.8. The van der Waals surface area contributed by atoms with Crippen LogP contribution in [0, 0.1) is 0 Å². The summed E-state index contributed by atoms with van der Waals surface area (Å²) in [5.74, 6) is 0.929. The second-order valence-electron chi connectivity index (χ2n) is 4.65. The molecule has 0 saturated heterocycles. The van der Waals surface area contributed by atoms with Gasteiger partial charge >= 0.3 is 0 Å². The number of benzene rings is 2. The molecule has 19 heavy (non-hydrogen) atoms. The minimum absolute atomic E-state index is 0.0355. The smallest absolute Gasteiger partial charge is 0.167 e. The molecule has 1 aliphatic rings. The van der Waals surface area contributed by atoms with Crippen LogP contribution in [0.2, 0.25) is 0 Å². The second-order valence-corrected chi connectivity index (χ2v) is 4.65. The van der Waals surface area contributed by atoms with Gasteiger partial charge in [-0.05, 0) is 17.7 Å². The highest BCUT2D eigenvalue weighted by Crippen LogP contribution is 2.34.